The van der Waals surface area contributed by atoms with Crippen LogP contribution in [0, 0.1) is 0 Å². The minimum absolute atomic E-state index is 0.425. The summed E-state index contributed by atoms with van der Waals surface area (Å²) in [6, 6.07) is 9.09. The number of fused-ring (bicyclic) bond motifs is 1. The smallest absolute Gasteiger partial charge is 0.137 e. The molecule has 1 aliphatic heterocycles. The fraction of sp³-hybridized carbons (Fsp3) is 0.429. The summed E-state index contributed by atoms with van der Waals surface area (Å²) in [5.41, 5.74) is 2.82. The molecule has 0 fully saturated rings. The van der Waals surface area contributed by atoms with Gasteiger partial charge in [0.2, 0.25) is 0 Å². The average molecular weight is 257 g/mol. The lowest BCUT2D eigenvalue weighted by molar-refractivity contribution is 0.496. The standard InChI is InChI=1S/C14H19N5/c1-2-4-12-11(3-1)9-15-7-5-13(12)16-8-6-14-17-10-18-19-14/h1-4,10,13,15-16H,5-9H2,(H,17,18,19). The van der Waals surface area contributed by atoms with Crippen LogP contribution in [0.5, 0.6) is 0 Å². The first kappa shape index (κ1) is 12.3. The van der Waals surface area contributed by atoms with E-state index in [-0.39, 0.29) is 0 Å². The summed E-state index contributed by atoms with van der Waals surface area (Å²) in [6.45, 7) is 2.93. The normalized spacial score (nSPS) is 18.8. The molecule has 0 bridgehead atoms. The average Bonchev–Trinajstić information content (AvgIpc) is 2.87. The minimum atomic E-state index is 0.425. The van der Waals surface area contributed by atoms with Crippen LogP contribution in [0.1, 0.15) is 29.4 Å². The van der Waals surface area contributed by atoms with Gasteiger partial charge in [0, 0.05) is 25.6 Å². The Kier molecular flexibility index (Phi) is 3.86. The third-order valence-electron chi connectivity index (χ3n) is 3.57. The summed E-state index contributed by atoms with van der Waals surface area (Å²) in [4.78, 5) is 4.14. The summed E-state index contributed by atoms with van der Waals surface area (Å²) in [7, 11) is 0. The second-order valence-corrected chi connectivity index (χ2v) is 4.85. The molecule has 1 unspecified atom stereocenters. The van der Waals surface area contributed by atoms with Crippen molar-refractivity contribution in [1.82, 2.24) is 25.8 Å². The SMILES string of the molecule is c1ccc2c(c1)CNCCC2NCCc1ncn[nH]1. The van der Waals surface area contributed by atoms with E-state index >= 15 is 0 Å². The van der Waals surface area contributed by atoms with Crippen LogP contribution in [0.2, 0.25) is 0 Å². The van der Waals surface area contributed by atoms with Gasteiger partial charge in [-0.05, 0) is 24.1 Å². The van der Waals surface area contributed by atoms with E-state index in [1.54, 1.807) is 6.33 Å². The van der Waals surface area contributed by atoms with Crippen molar-refractivity contribution >= 4 is 0 Å². The lowest BCUT2D eigenvalue weighted by Crippen LogP contribution is -2.25. The van der Waals surface area contributed by atoms with Gasteiger partial charge in [-0.2, -0.15) is 5.10 Å². The van der Waals surface area contributed by atoms with Crippen LogP contribution in [0.3, 0.4) is 0 Å². The van der Waals surface area contributed by atoms with Crippen molar-refractivity contribution in [2.24, 2.45) is 0 Å². The summed E-state index contributed by atoms with van der Waals surface area (Å²) in [5.74, 6) is 0.938. The van der Waals surface area contributed by atoms with E-state index in [2.05, 4.69) is 50.1 Å². The van der Waals surface area contributed by atoms with Gasteiger partial charge in [-0.1, -0.05) is 24.3 Å². The van der Waals surface area contributed by atoms with Crippen molar-refractivity contribution in [1.29, 1.82) is 0 Å². The number of nitrogens with one attached hydrogen (secondary N) is 3. The zero-order valence-corrected chi connectivity index (χ0v) is 10.9. The van der Waals surface area contributed by atoms with Gasteiger partial charge >= 0.3 is 0 Å². The van der Waals surface area contributed by atoms with Gasteiger partial charge in [0.15, 0.2) is 0 Å². The van der Waals surface area contributed by atoms with E-state index in [0.29, 0.717) is 6.04 Å². The van der Waals surface area contributed by atoms with Gasteiger partial charge in [-0.15, -0.1) is 0 Å². The van der Waals surface area contributed by atoms with Gasteiger partial charge in [0.05, 0.1) is 0 Å². The summed E-state index contributed by atoms with van der Waals surface area (Å²) >= 11 is 0. The molecule has 2 aromatic rings. The molecule has 0 saturated heterocycles. The van der Waals surface area contributed by atoms with Gasteiger partial charge < -0.3 is 10.6 Å². The van der Waals surface area contributed by atoms with Gasteiger partial charge in [0.25, 0.3) is 0 Å². The predicted molar refractivity (Wildman–Crippen MR) is 73.6 cm³/mol. The highest BCUT2D eigenvalue weighted by molar-refractivity contribution is 5.30. The number of hydrogen-bond donors (Lipinski definition) is 3. The quantitative estimate of drug-likeness (QED) is 0.769. The molecule has 0 spiro atoms. The first-order valence-electron chi connectivity index (χ1n) is 6.79. The molecule has 0 radical (unpaired) electrons. The van der Waals surface area contributed by atoms with Crippen LogP contribution in [-0.2, 0) is 13.0 Å². The molecule has 3 N–H and O–H groups in total. The van der Waals surface area contributed by atoms with Crippen molar-refractivity contribution in [2.75, 3.05) is 13.1 Å². The van der Waals surface area contributed by atoms with E-state index in [1.807, 2.05) is 0 Å². The molecule has 0 aliphatic carbocycles. The molecular formula is C14H19N5. The Hall–Kier alpha value is -1.72. The van der Waals surface area contributed by atoms with Crippen LogP contribution < -0.4 is 10.6 Å². The Morgan fingerprint density at radius 2 is 2.26 bits per heavy atom. The van der Waals surface area contributed by atoms with Gasteiger partial charge in [0.1, 0.15) is 12.2 Å². The zero-order valence-electron chi connectivity index (χ0n) is 10.9. The molecule has 1 aromatic heterocycles. The first-order valence-corrected chi connectivity index (χ1v) is 6.79. The van der Waals surface area contributed by atoms with E-state index in [4.69, 9.17) is 0 Å². The maximum Gasteiger partial charge on any atom is 0.137 e. The topological polar surface area (TPSA) is 65.6 Å². The molecule has 2 heterocycles. The number of aromatic amines is 1. The van der Waals surface area contributed by atoms with E-state index in [0.717, 1.165) is 38.3 Å². The van der Waals surface area contributed by atoms with Crippen LogP contribution in [-0.4, -0.2) is 28.3 Å². The number of aromatic nitrogens is 3. The molecule has 3 rings (SSSR count). The van der Waals surface area contributed by atoms with Crippen molar-refractivity contribution in [3.8, 4) is 0 Å². The largest absolute Gasteiger partial charge is 0.313 e. The number of nitrogens with zero attached hydrogens (tertiary/aromatic N) is 2. The molecule has 1 atom stereocenters. The Balaban J connectivity index is 1.63. The van der Waals surface area contributed by atoms with Crippen LogP contribution >= 0.6 is 0 Å². The molecule has 1 aliphatic rings. The monoisotopic (exact) mass is 257 g/mol. The minimum Gasteiger partial charge on any atom is -0.313 e. The van der Waals surface area contributed by atoms with Crippen LogP contribution in [0.25, 0.3) is 0 Å². The van der Waals surface area contributed by atoms with Crippen molar-refractivity contribution in [3.63, 3.8) is 0 Å². The molecule has 5 nitrogen and oxygen atoms in total. The Bertz CT molecular complexity index is 508. The summed E-state index contributed by atoms with van der Waals surface area (Å²) < 4.78 is 0. The highest BCUT2D eigenvalue weighted by atomic mass is 15.2. The second-order valence-electron chi connectivity index (χ2n) is 4.85. The highest BCUT2D eigenvalue weighted by Gasteiger charge is 2.17. The molecular weight excluding hydrogens is 238 g/mol. The van der Waals surface area contributed by atoms with Crippen molar-refractivity contribution < 1.29 is 0 Å². The lowest BCUT2D eigenvalue weighted by atomic mass is 9.99. The molecule has 5 heteroatoms. The summed E-state index contributed by atoms with van der Waals surface area (Å²) in [6.07, 6.45) is 3.56. The summed E-state index contributed by atoms with van der Waals surface area (Å²) in [5, 5.41) is 13.9. The predicted octanol–water partition coefficient (Wildman–Crippen LogP) is 1.17. The molecule has 0 amide bonds. The first-order chi connectivity index (χ1) is 9.43. The number of benzene rings is 1. The van der Waals surface area contributed by atoms with Crippen LogP contribution in [0.4, 0.5) is 0 Å². The van der Waals surface area contributed by atoms with E-state index in [9.17, 15) is 0 Å². The number of hydrogen-bond acceptors (Lipinski definition) is 4. The maximum atomic E-state index is 4.14. The molecule has 19 heavy (non-hydrogen) atoms. The maximum absolute atomic E-state index is 4.14. The molecule has 100 valence electrons. The fourth-order valence-corrected chi connectivity index (χ4v) is 2.59. The fourth-order valence-electron chi connectivity index (χ4n) is 2.59. The molecule has 1 aromatic carbocycles. The van der Waals surface area contributed by atoms with Crippen molar-refractivity contribution in [2.45, 2.75) is 25.4 Å². The third kappa shape index (κ3) is 3.00. The van der Waals surface area contributed by atoms with E-state index < -0.39 is 0 Å². The zero-order chi connectivity index (χ0) is 12.9. The van der Waals surface area contributed by atoms with Gasteiger partial charge in [-0.3, -0.25) is 5.10 Å². The Labute approximate surface area is 112 Å². The third-order valence-corrected chi connectivity index (χ3v) is 3.57. The lowest BCUT2D eigenvalue weighted by Gasteiger charge is -2.18. The highest BCUT2D eigenvalue weighted by Crippen LogP contribution is 2.23. The van der Waals surface area contributed by atoms with Gasteiger partial charge in [-0.25, -0.2) is 4.98 Å². The molecule has 0 saturated carbocycles. The Morgan fingerprint density at radius 3 is 3.16 bits per heavy atom. The number of rotatable bonds is 4. The van der Waals surface area contributed by atoms with E-state index in [1.165, 1.54) is 11.1 Å². The van der Waals surface area contributed by atoms with Crippen LogP contribution in [0.15, 0.2) is 30.6 Å². The number of H-pyrrole nitrogens is 1. The second kappa shape index (κ2) is 5.95. The van der Waals surface area contributed by atoms with Crippen molar-refractivity contribution in [3.05, 3.63) is 47.5 Å². The Morgan fingerprint density at radius 1 is 1.32 bits per heavy atom.